The number of rotatable bonds is 7. The number of ether oxygens (including phenoxy) is 2. The molecule has 102 valence electrons. The Bertz CT molecular complexity index is 391. The molecule has 0 aliphatic carbocycles. The van der Waals surface area contributed by atoms with Crippen LogP contribution in [0, 0.1) is 11.6 Å². The van der Waals surface area contributed by atoms with Crippen LogP contribution in [0.4, 0.5) is 8.78 Å². The predicted octanol–water partition coefficient (Wildman–Crippen LogP) is 2.48. The van der Waals surface area contributed by atoms with Crippen molar-refractivity contribution in [3.63, 3.8) is 0 Å². The zero-order valence-electron chi connectivity index (χ0n) is 10.3. The van der Waals surface area contributed by atoms with Gasteiger partial charge in [0.2, 0.25) is 0 Å². The van der Waals surface area contributed by atoms with Gasteiger partial charge in [0.05, 0.1) is 17.2 Å². The van der Waals surface area contributed by atoms with E-state index in [1.54, 1.807) is 14.2 Å². The molecule has 0 saturated heterocycles. The number of halogens is 3. The molecule has 0 aliphatic heterocycles. The molecule has 1 atom stereocenters. The predicted molar refractivity (Wildman–Crippen MR) is 68.4 cm³/mol. The summed E-state index contributed by atoms with van der Waals surface area (Å²) in [5.74, 6) is -1.15. The van der Waals surface area contributed by atoms with Crippen LogP contribution < -0.4 is 5.32 Å². The van der Waals surface area contributed by atoms with Gasteiger partial charge in [-0.3, -0.25) is 0 Å². The molecule has 0 radical (unpaired) electrons. The summed E-state index contributed by atoms with van der Waals surface area (Å²) >= 11 is 3.03. The van der Waals surface area contributed by atoms with E-state index >= 15 is 0 Å². The van der Waals surface area contributed by atoms with E-state index in [1.807, 2.05) is 0 Å². The lowest BCUT2D eigenvalue weighted by atomic mass is 10.2. The highest BCUT2D eigenvalue weighted by Crippen LogP contribution is 2.21. The molecular formula is C12H16BrF2NO2. The number of hydrogen-bond acceptors (Lipinski definition) is 3. The summed E-state index contributed by atoms with van der Waals surface area (Å²) in [5.41, 5.74) is 0.0108. The fourth-order valence-corrected chi connectivity index (χ4v) is 1.86. The molecule has 0 aromatic heterocycles. The van der Waals surface area contributed by atoms with Crippen molar-refractivity contribution in [3.05, 3.63) is 33.8 Å². The van der Waals surface area contributed by atoms with Crippen LogP contribution in [-0.4, -0.2) is 33.5 Å². The van der Waals surface area contributed by atoms with Crippen LogP contribution in [0.5, 0.6) is 0 Å². The van der Waals surface area contributed by atoms with E-state index in [1.165, 1.54) is 12.1 Å². The van der Waals surface area contributed by atoms with Gasteiger partial charge in [-0.15, -0.1) is 0 Å². The summed E-state index contributed by atoms with van der Waals surface area (Å²) < 4.78 is 37.4. The molecule has 1 aromatic rings. The second kappa shape index (κ2) is 7.78. The lowest BCUT2D eigenvalue weighted by Crippen LogP contribution is -2.31. The van der Waals surface area contributed by atoms with Gasteiger partial charge in [0.15, 0.2) is 0 Å². The first-order valence-electron chi connectivity index (χ1n) is 5.45. The Morgan fingerprint density at radius 3 is 2.67 bits per heavy atom. The largest absolute Gasteiger partial charge is 0.382 e. The molecule has 3 nitrogen and oxygen atoms in total. The fourth-order valence-electron chi connectivity index (χ4n) is 1.49. The van der Waals surface area contributed by atoms with E-state index in [4.69, 9.17) is 9.47 Å². The lowest BCUT2D eigenvalue weighted by Gasteiger charge is -2.15. The molecule has 1 aromatic carbocycles. The highest BCUT2D eigenvalue weighted by molar-refractivity contribution is 9.10. The number of benzene rings is 1. The first kappa shape index (κ1) is 15.5. The maximum atomic E-state index is 13.6. The van der Waals surface area contributed by atoms with Crippen LogP contribution in [-0.2, 0) is 16.0 Å². The summed E-state index contributed by atoms with van der Waals surface area (Å²) in [6, 6.07) is 2.57. The Balaban J connectivity index is 2.56. The summed E-state index contributed by atoms with van der Waals surface area (Å²) in [4.78, 5) is 0. The van der Waals surface area contributed by atoms with E-state index in [0.29, 0.717) is 13.2 Å². The highest BCUT2D eigenvalue weighted by atomic mass is 79.9. The van der Waals surface area contributed by atoms with Gasteiger partial charge in [-0.2, -0.15) is 0 Å². The van der Waals surface area contributed by atoms with E-state index in [-0.39, 0.29) is 22.7 Å². The monoisotopic (exact) mass is 323 g/mol. The van der Waals surface area contributed by atoms with E-state index in [2.05, 4.69) is 21.2 Å². The zero-order chi connectivity index (χ0) is 13.5. The third-order valence-corrected chi connectivity index (χ3v) is 3.11. The summed E-state index contributed by atoms with van der Waals surface area (Å²) in [6.07, 6.45) is -0.145. The van der Waals surface area contributed by atoms with E-state index in [9.17, 15) is 8.78 Å². The van der Waals surface area contributed by atoms with Crippen molar-refractivity contribution in [2.45, 2.75) is 12.6 Å². The molecule has 0 bridgehead atoms. The summed E-state index contributed by atoms with van der Waals surface area (Å²) in [5, 5.41) is 2.94. The van der Waals surface area contributed by atoms with Crippen molar-refractivity contribution in [1.29, 1.82) is 0 Å². The van der Waals surface area contributed by atoms with Gasteiger partial charge in [0.1, 0.15) is 11.6 Å². The van der Waals surface area contributed by atoms with Crippen LogP contribution in [0.25, 0.3) is 0 Å². The Hall–Kier alpha value is -0.560. The molecule has 0 spiro atoms. The van der Waals surface area contributed by atoms with Gasteiger partial charge in [0.25, 0.3) is 0 Å². The zero-order valence-corrected chi connectivity index (χ0v) is 11.9. The Labute approximate surface area is 114 Å². The molecule has 1 unspecified atom stereocenters. The van der Waals surface area contributed by atoms with Crippen molar-refractivity contribution in [1.82, 2.24) is 5.32 Å². The van der Waals surface area contributed by atoms with Gasteiger partial charge in [-0.1, -0.05) is 0 Å². The third-order valence-electron chi connectivity index (χ3n) is 2.50. The molecule has 0 heterocycles. The van der Waals surface area contributed by atoms with Gasteiger partial charge in [0, 0.05) is 32.9 Å². The number of hydrogen-bond donors (Lipinski definition) is 1. The summed E-state index contributed by atoms with van der Waals surface area (Å²) in [6.45, 7) is 0.976. The highest BCUT2D eigenvalue weighted by Gasteiger charge is 2.13. The standard InChI is InChI=1S/C12H16BrF2NO2/c1-17-7-8(18-2)5-16-6-9-11(14)4-3-10(13)12(9)15/h3-4,8,16H,5-7H2,1-2H3. The second-order valence-corrected chi connectivity index (χ2v) is 4.62. The maximum absolute atomic E-state index is 13.6. The van der Waals surface area contributed by atoms with Gasteiger partial charge < -0.3 is 14.8 Å². The van der Waals surface area contributed by atoms with Crippen molar-refractivity contribution in [2.75, 3.05) is 27.4 Å². The Morgan fingerprint density at radius 2 is 2.06 bits per heavy atom. The smallest absolute Gasteiger partial charge is 0.144 e. The molecule has 0 amide bonds. The van der Waals surface area contributed by atoms with Crippen LogP contribution in [0.1, 0.15) is 5.56 Å². The average Bonchev–Trinajstić information content (AvgIpc) is 2.37. The Kier molecular flexibility index (Phi) is 6.70. The first-order valence-corrected chi connectivity index (χ1v) is 6.24. The molecule has 1 N–H and O–H groups in total. The molecule has 0 aliphatic rings. The topological polar surface area (TPSA) is 30.5 Å². The van der Waals surface area contributed by atoms with E-state index in [0.717, 1.165) is 0 Å². The molecule has 0 saturated carbocycles. The summed E-state index contributed by atoms with van der Waals surface area (Å²) in [7, 11) is 3.13. The van der Waals surface area contributed by atoms with Crippen LogP contribution in [0.2, 0.25) is 0 Å². The van der Waals surface area contributed by atoms with Crippen molar-refractivity contribution < 1.29 is 18.3 Å². The average molecular weight is 324 g/mol. The maximum Gasteiger partial charge on any atom is 0.144 e. The normalized spacial score (nSPS) is 12.7. The third kappa shape index (κ3) is 4.28. The quantitative estimate of drug-likeness (QED) is 0.782. The lowest BCUT2D eigenvalue weighted by molar-refractivity contribution is 0.0287. The van der Waals surface area contributed by atoms with Gasteiger partial charge >= 0.3 is 0 Å². The number of methoxy groups -OCH3 is 2. The molecule has 18 heavy (non-hydrogen) atoms. The van der Waals surface area contributed by atoms with Gasteiger partial charge in [-0.25, -0.2) is 8.78 Å². The Morgan fingerprint density at radius 1 is 1.33 bits per heavy atom. The molecule has 6 heteroatoms. The van der Waals surface area contributed by atoms with Crippen molar-refractivity contribution >= 4 is 15.9 Å². The van der Waals surface area contributed by atoms with Crippen LogP contribution in [0.3, 0.4) is 0 Å². The molecule has 0 fully saturated rings. The minimum absolute atomic E-state index is 0.0108. The van der Waals surface area contributed by atoms with Crippen molar-refractivity contribution in [2.24, 2.45) is 0 Å². The van der Waals surface area contributed by atoms with Crippen molar-refractivity contribution in [3.8, 4) is 0 Å². The van der Waals surface area contributed by atoms with E-state index < -0.39 is 11.6 Å². The molecule has 1 rings (SSSR count). The van der Waals surface area contributed by atoms with Gasteiger partial charge in [-0.05, 0) is 28.1 Å². The fraction of sp³-hybridized carbons (Fsp3) is 0.500. The first-order chi connectivity index (χ1) is 8.60. The number of nitrogens with one attached hydrogen (secondary N) is 1. The minimum atomic E-state index is -0.580. The SMILES string of the molecule is COCC(CNCc1c(F)ccc(Br)c1F)OC. The minimum Gasteiger partial charge on any atom is -0.382 e. The van der Waals surface area contributed by atoms with Crippen LogP contribution in [0.15, 0.2) is 16.6 Å². The van der Waals surface area contributed by atoms with Crippen LogP contribution >= 0.6 is 15.9 Å². The molecular weight excluding hydrogens is 308 g/mol. The second-order valence-electron chi connectivity index (χ2n) is 3.77.